The number of aryl methyl sites for hydroxylation is 1. The molecule has 1 unspecified atom stereocenters. The van der Waals surface area contributed by atoms with Gasteiger partial charge in [0.25, 0.3) is 0 Å². The number of hydrogen-bond donors (Lipinski definition) is 1. The third kappa shape index (κ3) is 3.54. The van der Waals surface area contributed by atoms with Crippen LogP contribution in [0.2, 0.25) is 0 Å². The van der Waals surface area contributed by atoms with E-state index in [4.69, 9.17) is 0 Å². The van der Waals surface area contributed by atoms with E-state index in [1.807, 2.05) is 0 Å². The standard InChI is InChI=1S/C17H28N4/c1-13(2)21-9-8-14(11-21)10-18-17-15-6-4-3-5-7-16(15)19-12-20-17/h12-14H,3-11H2,1-2H3,(H,18,19,20). The Morgan fingerprint density at radius 2 is 2.10 bits per heavy atom. The smallest absolute Gasteiger partial charge is 0.132 e. The zero-order valence-electron chi connectivity index (χ0n) is 13.4. The summed E-state index contributed by atoms with van der Waals surface area (Å²) in [7, 11) is 0. The predicted molar refractivity (Wildman–Crippen MR) is 86.6 cm³/mol. The van der Waals surface area contributed by atoms with Gasteiger partial charge in [-0.3, -0.25) is 0 Å². The Morgan fingerprint density at radius 1 is 1.24 bits per heavy atom. The molecule has 0 bridgehead atoms. The maximum absolute atomic E-state index is 4.51. The van der Waals surface area contributed by atoms with E-state index in [0.717, 1.165) is 31.1 Å². The fourth-order valence-electron chi connectivity index (χ4n) is 3.59. The average molecular weight is 288 g/mol. The zero-order chi connectivity index (χ0) is 14.7. The fourth-order valence-corrected chi connectivity index (χ4v) is 3.59. The Kier molecular flexibility index (Phi) is 4.73. The van der Waals surface area contributed by atoms with Crippen LogP contribution in [0, 0.1) is 5.92 Å². The van der Waals surface area contributed by atoms with Gasteiger partial charge in [-0.25, -0.2) is 9.97 Å². The number of nitrogens with one attached hydrogen (secondary N) is 1. The third-order valence-corrected chi connectivity index (χ3v) is 4.98. The van der Waals surface area contributed by atoms with Crippen molar-refractivity contribution in [1.82, 2.24) is 14.9 Å². The SMILES string of the molecule is CC(C)N1CCC(CNc2ncnc3c2CCCCC3)C1. The van der Waals surface area contributed by atoms with E-state index in [1.165, 1.54) is 50.0 Å². The molecule has 0 amide bonds. The highest BCUT2D eigenvalue weighted by Crippen LogP contribution is 2.25. The molecule has 1 fully saturated rings. The van der Waals surface area contributed by atoms with Crippen molar-refractivity contribution in [1.29, 1.82) is 0 Å². The normalized spacial score (nSPS) is 23.1. The number of rotatable bonds is 4. The molecule has 1 aliphatic carbocycles. The Labute approximate surface area is 128 Å². The molecule has 3 rings (SSSR count). The third-order valence-electron chi connectivity index (χ3n) is 4.98. The summed E-state index contributed by atoms with van der Waals surface area (Å²) in [5, 5.41) is 3.62. The van der Waals surface area contributed by atoms with Crippen LogP contribution in [-0.2, 0) is 12.8 Å². The van der Waals surface area contributed by atoms with Crippen LogP contribution in [0.3, 0.4) is 0 Å². The Morgan fingerprint density at radius 3 is 2.90 bits per heavy atom. The van der Waals surface area contributed by atoms with Crippen LogP contribution in [0.15, 0.2) is 6.33 Å². The molecule has 1 saturated heterocycles. The van der Waals surface area contributed by atoms with Crippen LogP contribution in [0.5, 0.6) is 0 Å². The first-order valence-electron chi connectivity index (χ1n) is 8.54. The molecule has 1 atom stereocenters. The van der Waals surface area contributed by atoms with Crippen molar-refractivity contribution in [2.24, 2.45) is 5.92 Å². The lowest BCUT2D eigenvalue weighted by Gasteiger charge is -2.20. The predicted octanol–water partition coefficient (Wildman–Crippen LogP) is 2.89. The molecule has 2 aliphatic rings. The van der Waals surface area contributed by atoms with Crippen molar-refractivity contribution in [3.8, 4) is 0 Å². The van der Waals surface area contributed by atoms with Crippen LogP contribution >= 0.6 is 0 Å². The fraction of sp³-hybridized carbons (Fsp3) is 0.765. The molecule has 0 spiro atoms. The van der Waals surface area contributed by atoms with E-state index in [9.17, 15) is 0 Å². The van der Waals surface area contributed by atoms with E-state index >= 15 is 0 Å². The van der Waals surface area contributed by atoms with Gasteiger partial charge in [-0.1, -0.05) is 6.42 Å². The van der Waals surface area contributed by atoms with E-state index < -0.39 is 0 Å². The highest BCUT2D eigenvalue weighted by molar-refractivity contribution is 5.46. The topological polar surface area (TPSA) is 41.0 Å². The molecule has 21 heavy (non-hydrogen) atoms. The van der Waals surface area contributed by atoms with Gasteiger partial charge in [0.1, 0.15) is 12.1 Å². The van der Waals surface area contributed by atoms with Crippen molar-refractivity contribution >= 4 is 5.82 Å². The summed E-state index contributed by atoms with van der Waals surface area (Å²) >= 11 is 0. The quantitative estimate of drug-likeness (QED) is 0.865. The van der Waals surface area contributed by atoms with Gasteiger partial charge in [-0.15, -0.1) is 0 Å². The van der Waals surface area contributed by atoms with E-state index in [1.54, 1.807) is 6.33 Å². The second-order valence-corrected chi connectivity index (χ2v) is 6.83. The van der Waals surface area contributed by atoms with Gasteiger partial charge < -0.3 is 10.2 Å². The minimum absolute atomic E-state index is 0.672. The minimum atomic E-state index is 0.672. The van der Waals surface area contributed by atoms with Gasteiger partial charge in [0, 0.05) is 30.4 Å². The summed E-state index contributed by atoms with van der Waals surface area (Å²) in [6.45, 7) is 8.09. The van der Waals surface area contributed by atoms with E-state index in [-0.39, 0.29) is 0 Å². The second-order valence-electron chi connectivity index (χ2n) is 6.83. The molecular weight excluding hydrogens is 260 g/mol. The average Bonchev–Trinajstić information content (AvgIpc) is 2.82. The van der Waals surface area contributed by atoms with Crippen LogP contribution < -0.4 is 5.32 Å². The van der Waals surface area contributed by atoms with Gasteiger partial charge in [0.2, 0.25) is 0 Å². The first-order valence-corrected chi connectivity index (χ1v) is 8.54. The maximum atomic E-state index is 4.51. The maximum Gasteiger partial charge on any atom is 0.132 e. The highest BCUT2D eigenvalue weighted by Gasteiger charge is 2.24. The van der Waals surface area contributed by atoms with Gasteiger partial charge in [-0.2, -0.15) is 0 Å². The lowest BCUT2D eigenvalue weighted by molar-refractivity contribution is 0.266. The Bertz CT molecular complexity index is 472. The molecule has 4 nitrogen and oxygen atoms in total. The number of anilines is 1. The van der Waals surface area contributed by atoms with Crippen LogP contribution in [-0.4, -0.2) is 40.5 Å². The monoisotopic (exact) mass is 288 g/mol. The molecule has 4 heteroatoms. The molecule has 0 saturated carbocycles. The first kappa shape index (κ1) is 14.8. The zero-order valence-corrected chi connectivity index (χ0v) is 13.4. The van der Waals surface area contributed by atoms with Crippen molar-refractivity contribution in [2.75, 3.05) is 25.0 Å². The second kappa shape index (κ2) is 6.73. The van der Waals surface area contributed by atoms with Gasteiger partial charge >= 0.3 is 0 Å². The van der Waals surface area contributed by atoms with Crippen molar-refractivity contribution < 1.29 is 0 Å². The number of aromatic nitrogens is 2. The molecule has 1 aromatic heterocycles. The van der Waals surface area contributed by atoms with Gasteiger partial charge in [0.05, 0.1) is 0 Å². The lowest BCUT2D eigenvalue weighted by Crippen LogP contribution is -2.29. The number of likely N-dealkylation sites (tertiary alicyclic amines) is 1. The summed E-state index contributed by atoms with van der Waals surface area (Å²) in [4.78, 5) is 11.6. The van der Waals surface area contributed by atoms with Crippen molar-refractivity contribution in [3.05, 3.63) is 17.6 Å². The molecule has 0 aromatic carbocycles. The number of fused-ring (bicyclic) bond motifs is 1. The van der Waals surface area contributed by atoms with Crippen molar-refractivity contribution in [2.45, 2.75) is 58.4 Å². The summed E-state index contributed by atoms with van der Waals surface area (Å²) in [6, 6.07) is 0.672. The molecule has 116 valence electrons. The summed E-state index contributed by atoms with van der Waals surface area (Å²) < 4.78 is 0. The van der Waals surface area contributed by atoms with Gasteiger partial charge in [-0.05, 0) is 58.4 Å². The molecular formula is C17H28N4. The van der Waals surface area contributed by atoms with Crippen LogP contribution in [0.1, 0.15) is 50.8 Å². The number of nitrogens with zero attached hydrogens (tertiary/aromatic N) is 3. The molecule has 2 heterocycles. The molecule has 0 radical (unpaired) electrons. The molecule has 1 N–H and O–H groups in total. The minimum Gasteiger partial charge on any atom is -0.369 e. The van der Waals surface area contributed by atoms with Crippen LogP contribution in [0.4, 0.5) is 5.82 Å². The first-order chi connectivity index (χ1) is 10.2. The Hall–Kier alpha value is -1.16. The molecule has 1 aliphatic heterocycles. The number of hydrogen-bond acceptors (Lipinski definition) is 4. The van der Waals surface area contributed by atoms with Crippen LogP contribution in [0.25, 0.3) is 0 Å². The molecule has 1 aromatic rings. The highest BCUT2D eigenvalue weighted by atomic mass is 15.2. The largest absolute Gasteiger partial charge is 0.369 e. The van der Waals surface area contributed by atoms with E-state index in [0.29, 0.717) is 6.04 Å². The van der Waals surface area contributed by atoms with E-state index in [2.05, 4.69) is 34.0 Å². The lowest BCUT2D eigenvalue weighted by atomic mass is 10.1. The summed E-state index contributed by atoms with van der Waals surface area (Å²) in [6.07, 6.45) is 9.18. The summed E-state index contributed by atoms with van der Waals surface area (Å²) in [5.41, 5.74) is 2.66. The van der Waals surface area contributed by atoms with Gasteiger partial charge in [0.15, 0.2) is 0 Å². The Balaban J connectivity index is 1.61. The summed E-state index contributed by atoms with van der Waals surface area (Å²) in [5.74, 6) is 1.86. The van der Waals surface area contributed by atoms with Crippen molar-refractivity contribution in [3.63, 3.8) is 0 Å².